The average Bonchev–Trinajstić information content (AvgIpc) is 2.89. The van der Waals surface area contributed by atoms with Gasteiger partial charge in [-0.3, -0.25) is 9.35 Å². The molecule has 0 spiro atoms. The minimum Gasteiger partial charge on any atom is -0.493 e. The molecule has 0 bridgehead atoms. The minimum atomic E-state index is -3.97. The molecule has 136 valence electrons. The lowest BCUT2D eigenvalue weighted by molar-refractivity contribution is -0.131. The maximum absolute atomic E-state index is 11.8. The standard InChI is InChI=1S/C15H18N2O7S/c18-14-9-12(15(19)20)16-17(14)10-11-5-1-2-6-13(11)24-7-3-4-8-25(21,22)23/h1-2,5-6H,3-4,7-10H2,(H,19,20)(H,21,22,23). The maximum atomic E-state index is 11.8. The van der Waals surface area contributed by atoms with Gasteiger partial charge in [0.15, 0.2) is 5.71 Å². The van der Waals surface area contributed by atoms with Crippen molar-refractivity contribution in [2.45, 2.75) is 25.8 Å². The van der Waals surface area contributed by atoms with Gasteiger partial charge in [0.05, 0.1) is 25.3 Å². The number of aliphatic carboxylic acids is 1. The maximum Gasteiger partial charge on any atom is 0.352 e. The summed E-state index contributed by atoms with van der Waals surface area (Å²) in [5.41, 5.74) is 0.453. The van der Waals surface area contributed by atoms with Gasteiger partial charge in [0.25, 0.3) is 10.1 Å². The van der Waals surface area contributed by atoms with Crippen molar-refractivity contribution in [2.24, 2.45) is 5.10 Å². The van der Waals surface area contributed by atoms with Gasteiger partial charge in [0.1, 0.15) is 5.75 Å². The lowest BCUT2D eigenvalue weighted by Gasteiger charge is -2.15. The number of nitrogens with zero attached hydrogens (tertiary/aromatic N) is 2. The third kappa shape index (κ3) is 5.84. The second-order valence-electron chi connectivity index (χ2n) is 5.43. The van der Waals surface area contributed by atoms with E-state index in [9.17, 15) is 18.0 Å². The molecule has 2 N–H and O–H groups in total. The molecule has 1 aromatic rings. The van der Waals surface area contributed by atoms with Gasteiger partial charge in [-0.2, -0.15) is 13.5 Å². The molecule has 0 unspecified atom stereocenters. The Morgan fingerprint density at radius 3 is 2.64 bits per heavy atom. The molecule has 9 nitrogen and oxygen atoms in total. The number of unbranched alkanes of at least 4 members (excludes halogenated alkanes) is 1. The van der Waals surface area contributed by atoms with Gasteiger partial charge >= 0.3 is 5.97 Å². The van der Waals surface area contributed by atoms with Gasteiger partial charge in [-0.1, -0.05) is 18.2 Å². The van der Waals surface area contributed by atoms with Crippen molar-refractivity contribution >= 4 is 27.7 Å². The van der Waals surface area contributed by atoms with Gasteiger partial charge in [0, 0.05) is 5.56 Å². The van der Waals surface area contributed by atoms with Gasteiger partial charge in [0.2, 0.25) is 5.91 Å². The number of ether oxygens (including phenoxy) is 1. The Balaban J connectivity index is 1.94. The summed E-state index contributed by atoms with van der Waals surface area (Å²) in [5, 5.41) is 13.8. The van der Waals surface area contributed by atoms with Crippen molar-refractivity contribution in [1.82, 2.24) is 5.01 Å². The molecule has 1 heterocycles. The number of hydrogen-bond donors (Lipinski definition) is 2. The van der Waals surface area contributed by atoms with Crippen LogP contribution in [0.1, 0.15) is 24.8 Å². The first kappa shape index (κ1) is 18.9. The van der Waals surface area contributed by atoms with Crippen molar-refractivity contribution in [2.75, 3.05) is 12.4 Å². The molecule has 0 radical (unpaired) electrons. The Kier molecular flexibility index (Phi) is 6.10. The zero-order chi connectivity index (χ0) is 18.4. The van der Waals surface area contributed by atoms with Crippen molar-refractivity contribution in [3.63, 3.8) is 0 Å². The number of amides is 1. The van der Waals surface area contributed by atoms with Crippen LogP contribution in [0.3, 0.4) is 0 Å². The Labute approximate surface area is 144 Å². The van der Waals surface area contributed by atoms with Gasteiger partial charge in [-0.15, -0.1) is 0 Å². The zero-order valence-electron chi connectivity index (χ0n) is 13.3. The van der Waals surface area contributed by atoms with Crippen LogP contribution in [0.2, 0.25) is 0 Å². The molecule has 0 fully saturated rings. The summed E-state index contributed by atoms with van der Waals surface area (Å²) in [6, 6.07) is 6.92. The summed E-state index contributed by atoms with van der Waals surface area (Å²) in [6.45, 7) is 0.320. The molecule has 1 aromatic carbocycles. The highest BCUT2D eigenvalue weighted by molar-refractivity contribution is 7.85. The molecule has 25 heavy (non-hydrogen) atoms. The molecule has 2 rings (SSSR count). The third-order valence-corrected chi connectivity index (χ3v) is 4.25. The number of rotatable bonds is 9. The summed E-state index contributed by atoms with van der Waals surface area (Å²) in [4.78, 5) is 22.7. The monoisotopic (exact) mass is 370 g/mol. The minimum absolute atomic E-state index is 0.0802. The van der Waals surface area contributed by atoms with E-state index in [0.29, 0.717) is 17.7 Å². The number of carbonyl (C=O) groups is 2. The van der Waals surface area contributed by atoms with E-state index in [-0.39, 0.29) is 37.5 Å². The Morgan fingerprint density at radius 2 is 2.00 bits per heavy atom. The molecular weight excluding hydrogens is 352 g/mol. The van der Waals surface area contributed by atoms with Crippen LogP contribution in [0.5, 0.6) is 5.75 Å². The highest BCUT2D eigenvalue weighted by Gasteiger charge is 2.28. The molecular formula is C15H18N2O7S. The molecule has 0 aliphatic carbocycles. The van der Waals surface area contributed by atoms with Crippen LogP contribution in [0.4, 0.5) is 0 Å². The van der Waals surface area contributed by atoms with Crippen LogP contribution in [-0.4, -0.2) is 53.0 Å². The van der Waals surface area contributed by atoms with E-state index in [0.717, 1.165) is 5.01 Å². The Bertz CT molecular complexity index is 789. The van der Waals surface area contributed by atoms with Crippen molar-refractivity contribution in [3.05, 3.63) is 29.8 Å². The van der Waals surface area contributed by atoms with Crippen LogP contribution in [0.25, 0.3) is 0 Å². The quantitative estimate of drug-likeness (QED) is 0.487. The normalized spacial score (nSPS) is 14.5. The van der Waals surface area contributed by atoms with Crippen molar-refractivity contribution in [1.29, 1.82) is 0 Å². The third-order valence-electron chi connectivity index (χ3n) is 3.44. The topological polar surface area (TPSA) is 134 Å². The van der Waals surface area contributed by atoms with Gasteiger partial charge in [-0.25, -0.2) is 9.80 Å². The number of hydrogen-bond acceptors (Lipinski definition) is 6. The van der Waals surface area contributed by atoms with E-state index in [1.165, 1.54) is 0 Å². The van der Waals surface area contributed by atoms with E-state index in [4.69, 9.17) is 14.4 Å². The summed E-state index contributed by atoms with van der Waals surface area (Å²) in [7, 11) is -3.97. The SMILES string of the molecule is O=C(O)C1=NN(Cc2ccccc2OCCCCS(=O)(=O)O)C(=O)C1. The first-order valence-electron chi connectivity index (χ1n) is 7.53. The Morgan fingerprint density at radius 1 is 1.28 bits per heavy atom. The fourth-order valence-electron chi connectivity index (χ4n) is 2.22. The predicted octanol–water partition coefficient (Wildman–Crippen LogP) is 0.906. The number of carboxylic acid groups (broad SMARTS) is 1. The predicted molar refractivity (Wildman–Crippen MR) is 87.8 cm³/mol. The van der Waals surface area contributed by atoms with E-state index >= 15 is 0 Å². The molecule has 0 atom stereocenters. The Hall–Kier alpha value is -2.46. The number of para-hydroxylation sites is 1. The second kappa shape index (κ2) is 8.08. The highest BCUT2D eigenvalue weighted by Crippen LogP contribution is 2.22. The second-order valence-corrected chi connectivity index (χ2v) is 7.00. The van der Waals surface area contributed by atoms with Crippen molar-refractivity contribution < 1.29 is 32.4 Å². The fourth-order valence-corrected chi connectivity index (χ4v) is 2.79. The van der Waals surface area contributed by atoms with Gasteiger partial charge in [-0.05, 0) is 18.9 Å². The largest absolute Gasteiger partial charge is 0.493 e. The molecule has 1 aliphatic rings. The summed E-state index contributed by atoms with van der Waals surface area (Å²) < 4.78 is 35.5. The fraction of sp³-hybridized carbons (Fsp3) is 0.400. The van der Waals surface area contributed by atoms with Crippen LogP contribution < -0.4 is 4.74 Å². The molecule has 0 aromatic heterocycles. The lowest BCUT2D eigenvalue weighted by Crippen LogP contribution is -2.20. The van der Waals surface area contributed by atoms with E-state index in [1.54, 1.807) is 24.3 Å². The summed E-state index contributed by atoms with van der Waals surface area (Å²) in [6.07, 6.45) is 0.448. The van der Waals surface area contributed by atoms with Crippen LogP contribution in [0.15, 0.2) is 29.4 Å². The first-order chi connectivity index (χ1) is 11.8. The summed E-state index contributed by atoms with van der Waals surface area (Å²) in [5.74, 6) is -1.45. The molecule has 10 heteroatoms. The van der Waals surface area contributed by atoms with E-state index in [1.807, 2.05) is 0 Å². The highest BCUT2D eigenvalue weighted by atomic mass is 32.2. The van der Waals surface area contributed by atoms with Crippen LogP contribution >= 0.6 is 0 Å². The van der Waals surface area contributed by atoms with Crippen LogP contribution in [-0.2, 0) is 26.3 Å². The van der Waals surface area contributed by atoms with Crippen molar-refractivity contribution in [3.8, 4) is 5.75 Å². The van der Waals surface area contributed by atoms with E-state index < -0.39 is 22.0 Å². The molecule has 1 amide bonds. The zero-order valence-corrected chi connectivity index (χ0v) is 14.1. The summed E-state index contributed by atoms with van der Waals surface area (Å²) >= 11 is 0. The average molecular weight is 370 g/mol. The number of benzene rings is 1. The smallest absolute Gasteiger partial charge is 0.352 e. The lowest BCUT2D eigenvalue weighted by atomic mass is 10.2. The number of hydrazone groups is 1. The first-order valence-corrected chi connectivity index (χ1v) is 9.14. The number of carbonyl (C=O) groups excluding carboxylic acids is 1. The molecule has 0 saturated heterocycles. The van der Waals surface area contributed by atoms with E-state index in [2.05, 4.69) is 5.10 Å². The molecule has 0 saturated carbocycles. The number of carboxylic acids is 1. The van der Waals surface area contributed by atoms with Gasteiger partial charge < -0.3 is 9.84 Å². The van der Waals surface area contributed by atoms with Crippen LogP contribution in [0, 0.1) is 0 Å². The molecule has 1 aliphatic heterocycles.